The van der Waals surface area contributed by atoms with Crippen LogP contribution in [0.25, 0.3) is 11.1 Å². The van der Waals surface area contributed by atoms with E-state index in [1.165, 1.54) is 22.3 Å². The van der Waals surface area contributed by atoms with Gasteiger partial charge < -0.3 is 5.32 Å². The van der Waals surface area contributed by atoms with E-state index < -0.39 is 12.6 Å². The highest BCUT2D eigenvalue weighted by atomic mass is 19.4. The molecule has 1 aliphatic carbocycles. The van der Waals surface area contributed by atoms with E-state index in [2.05, 4.69) is 17.4 Å². The molecular weight excluding hydrogens is 275 g/mol. The molecule has 0 atom stereocenters. The molecule has 0 spiro atoms. The third-order valence-corrected chi connectivity index (χ3v) is 3.76. The summed E-state index contributed by atoms with van der Waals surface area (Å²) in [5, 5.41) is 3.07. The number of alkyl halides is 3. The monoisotopic (exact) mass is 291 g/mol. The van der Waals surface area contributed by atoms with Gasteiger partial charge in [0, 0.05) is 18.7 Å². The fourth-order valence-electron chi connectivity index (χ4n) is 2.78. The van der Waals surface area contributed by atoms with E-state index in [0.717, 1.165) is 12.1 Å². The number of anilines is 1. The first-order valence-corrected chi connectivity index (χ1v) is 7.05. The van der Waals surface area contributed by atoms with Crippen LogP contribution in [0.2, 0.25) is 0 Å². The molecule has 1 aliphatic rings. The predicted octanol–water partition coefficient (Wildman–Crippen LogP) is 5.01. The number of nitrogens with one attached hydrogen (secondary N) is 1. The van der Waals surface area contributed by atoms with Crippen molar-refractivity contribution < 1.29 is 13.2 Å². The van der Waals surface area contributed by atoms with Gasteiger partial charge in [-0.05, 0) is 47.2 Å². The van der Waals surface area contributed by atoms with Gasteiger partial charge in [0.1, 0.15) is 0 Å². The highest BCUT2D eigenvalue weighted by Crippen LogP contribution is 2.37. The van der Waals surface area contributed by atoms with E-state index in [0.29, 0.717) is 6.54 Å². The number of halogens is 3. The average Bonchev–Trinajstić information content (AvgIpc) is 2.80. The van der Waals surface area contributed by atoms with Crippen LogP contribution in [0.3, 0.4) is 0 Å². The summed E-state index contributed by atoms with van der Waals surface area (Å²) in [4.78, 5) is 0. The minimum absolute atomic E-state index is 0.0980. The van der Waals surface area contributed by atoms with Crippen LogP contribution in [0.15, 0.2) is 42.5 Å². The fraction of sp³-hybridized carbons (Fsp3) is 0.294. The van der Waals surface area contributed by atoms with Crippen molar-refractivity contribution in [2.24, 2.45) is 0 Å². The Balaban J connectivity index is 1.64. The summed E-state index contributed by atoms with van der Waals surface area (Å²) >= 11 is 0. The minimum Gasteiger partial charge on any atom is -0.385 e. The van der Waals surface area contributed by atoms with E-state index in [1.807, 2.05) is 30.3 Å². The Labute approximate surface area is 121 Å². The molecule has 110 valence electrons. The van der Waals surface area contributed by atoms with E-state index in [9.17, 15) is 13.2 Å². The van der Waals surface area contributed by atoms with Crippen LogP contribution in [0, 0.1) is 0 Å². The summed E-state index contributed by atoms with van der Waals surface area (Å²) in [7, 11) is 0. The molecule has 0 amide bonds. The molecule has 0 radical (unpaired) electrons. The van der Waals surface area contributed by atoms with Crippen molar-refractivity contribution in [3.8, 4) is 11.1 Å². The van der Waals surface area contributed by atoms with Crippen molar-refractivity contribution in [2.45, 2.75) is 25.4 Å². The molecule has 3 rings (SSSR count). The molecule has 2 aromatic rings. The van der Waals surface area contributed by atoms with Crippen molar-refractivity contribution >= 4 is 5.69 Å². The third kappa shape index (κ3) is 3.20. The maximum Gasteiger partial charge on any atom is 0.389 e. The lowest BCUT2D eigenvalue weighted by molar-refractivity contribution is -0.134. The van der Waals surface area contributed by atoms with Gasteiger partial charge >= 0.3 is 6.18 Å². The van der Waals surface area contributed by atoms with Crippen molar-refractivity contribution in [3.63, 3.8) is 0 Å². The number of hydrogen-bond donors (Lipinski definition) is 1. The second kappa shape index (κ2) is 5.43. The highest BCUT2D eigenvalue weighted by Gasteiger charge is 2.25. The van der Waals surface area contributed by atoms with Gasteiger partial charge in [-0.1, -0.05) is 30.3 Å². The lowest BCUT2D eigenvalue weighted by atomic mass is 10.1. The summed E-state index contributed by atoms with van der Waals surface area (Å²) in [6.07, 6.45) is -3.82. The zero-order chi connectivity index (χ0) is 14.9. The third-order valence-electron chi connectivity index (χ3n) is 3.76. The van der Waals surface area contributed by atoms with E-state index in [4.69, 9.17) is 0 Å². The normalized spacial score (nSPS) is 12.9. The van der Waals surface area contributed by atoms with Gasteiger partial charge in [-0.3, -0.25) is 0 Å². The van der Waals surface area contributed by atoms with E-state index in [-0.39, 0.29) is 6.42 Å². The summed E-state index contributed by atoms with van der Waals surface area (Å²) in [6, 6.07) is 14.3. The van der Waals surface area contributed by atoms with Crippen LogP contribution in [-0.4, -0.2) is 12.7 Å². The number of fused-ring (bicyclic) bond motifs is 3. The Hall–Kier alpha value is -1.97. The Bertz CT molecular complexity index is 647. The van der Waals surface area contributed by atoms with Gasteiger partial charge in [-0.15, -0.1) is 0 Å². The molecule has 0 saturated carbocycles. The summed E-state index contributed by atoms with van der Waals surface area (Å²) in [6.45, 7) is 0.339. The Morgan fingerprint density at radius 1 is 0.952 bits per heavy atom. The Kier molecular flexibility index (Phi) is 3.62. The second-order valence-corrected chi connectivity index (χ2v) is 5.35. The maximum absolute atomic E-state index is 12.1. The van der Waals surface area contributed by atoms with E-state index >= 15 is 0 Å². The van der Waals surface area contributed by atoms with Gasteiger partial charge in [0.05, 0.1) is 0 Å². The molecule has 0 unspecified atom stereocenters. The molecule has 4 heteroatoms. The standard InChI is InChI=1S/C17H16F3N/c18-17(19,20)8-3-9-21-14-6-7-16-13(11-14)10-12-4-1-2-5-15(12)16/h1-2,4-7,11,21H,3,8-10H2. The first kappa shape index (κ1) is 14.0. The number of benzene rings is 2. The second-order valence-electron chi connectivity index (χ2n) is 5.35. The Morgan fingerprint density at radius 2 is 1.71 bits per heavy atom. The average molecular weight is 291 g/mol. The zero-order valence-corrected chi connectivity index (χ0v) is 11.5. The first-order chi connectivity index (χ1) is 10.0. The fourth-order valence-corrected chi connectivity index (χ4v) is 2.78. The summed E-state index contributed by atoms with van der Waals surface area (Å²) in [5.74, 6) is 0. The van der Waals surface area contributed by atoms with Crippen LogP contribution < -0.4 is 5.32 Å². The van der Waals surface area contributed by atoms with Gasteiger partial charge in [0.2, 0.25) is 0 Å². The van der Waals surface area contributed by atoms with Crippen molar-refractivity contribution in [3.05, 3.63) is 53.6 Å². The quantitative estimate of drug-likeness (QED) is 0.666. The molecule has 0 fully saturated rings. The molecule has 1 nitrogen and oxygen atoms in total. The molecule has 0 saturated heterocycles. The van der Waals surface area contributed by atoms with Crippen LogP contribution in [0.5, 0.6) is 0 Å². The van der Waals surface area contributed by atoms with Crippen LogP contribution >= 0.6 is 0 Å². The van der Waals surface area contributed by atoms with Crippen molar-refractivity contribution in [2.75, 3.05) is 11.9 Å². The van der Waals surface area contributed by atoms with Gasteiger partial charge in [0.15, 0.2) is 0 Å². The summed E-state index contributed by atoms with van der Waals surface area (Å²) < 4.78 is 36.3. The largest absolute Gasteiger partial charge is 0.389 e. The lowest BCUT2D eigenvalue weighted by Crippen LogP contribution is -2.11. The maximum atomic E-state index is 12.1. The van der Waals surface area contributed by atoms with Crippen molar-refractivity contribution in [1.29, 1.82) is 0 Å². The molecule has 2 aromatic carbocycles. The molecule has 0 aromatic heterocycles. The van der Waals surface area contributed by atoms with Crippen LogP contribution in [-0.2, 0) is 6.42 Å². The van der Waals surface area contributed by atoms with Gasteiger partial charge in [-0.2, -0.15) is 13.2 Å². The molecule has 1 N–H and O–H groups in total. The lowest BCUT2D eigenvalue weighted by Gasteiger charge is -2.10. The van der Waals surface area contributed by atoms with Crippen LogP contribution in [0.4, 0.5) is 18.9 Å². The number of rotatable bonds is 4. The highest BCUT2D eigenvalue weighted by molar-refractivity contribution is 5.78. The smallest absolute Gasteiger partial charge is 0.385 e. The molecule has 0 bridgehead atoms. The number of hydrogen-bond acceptors (Lipinski definition) is 1. The Morgan fingerprint density at radius 3 is 2.52 bits per heavy atom. The zero-order valence-electron chi connectivity index (χ0n) is 11.5. The van der Waals surface area contributed by atoms with Crippen molar-refractivity contribution in [1.82, 2.24) is 0 Å². The first-order valence-electron chi connectivity index (χ1n) is 7.05. The van der Waals surface area contributed by atoms with Crippen LogP contribution in [0.1, 0.15) is 24.0 Å². The van der Waals surface area contributed by atoms with Gasteiger partial charge in [0.25, 0.3) is 0 Å². The van der Waals surface area contributed by atoms with E-state index in [1.54, 1.807) is 0 Å². The predicted molar refractivity (Wildman–Crippen MR) is 78.5 cm³/mol. The SMILES string of the molecule is FC(F)(F)CCCNc1ccc2c(c1)Cc1ccccc1-2. The molecule has 0 heterocycles. The topological polar surface area (TPSA) is 12.0 Å². The molecule has 0 aliphatic heterocycles. The molecular formula is C17H16F3N. The van der Waals surface area contributed by atoms with Gasteiger partial charge in [-0.25, -0.2) is 0 Å². The summed E-state index contributed by atoms with van der Waals surface area (Å²) in [5.41, 5.74) is 5.92. The minimum atomic E-state index is -4.07. The molecule has 21 heavy (non-hydrogen) atoms.